The van der Waals surface area contributed by atoms with Crippen LogP contribution in [0.3, 0.4) is 0 Å². The normalized spacial score (nSPS) is 11.0. The van der Waals surface area contributed by atoms with E-state index >= 15 is 0 Å². The molecule has 0 aliphatic rings. The topological polar surface area (TPSA) is 59.6 Å². The van der Waals surface area contributed by atoms with Crippen LogP contribution in [-0.4, -0.2) is 31.4 Å². The van der Waals surface area contributed by atoms with Crippen molar-refractivity contribution >= 4 is 23.4 Å². The number of ether oxygens (including phenoxy) is 2. The summed E-state index contributed by atoms with van der Waals surface area (Å²) in [5, 5.41) is 6.43. The highest BCUT2D eigenvalue weighted by Gasteiger charge is 2.15. The van der Waals surface area contributed by atoms with Crippen LogP contribution in [0.15, 0.2) is 18.2 Å². The van der Waals surface area contributed by atoms with Gasteiger partial charge in [0.1, 0.15) is 11.4 Å². The molecule has 0 aliphatic heterocycles. The van der Waals surface area contributed by atoms with Gasteiger partial charge in [-0.2, -0.15) is 0 Å². The van der Waals surface area contributed by atoms with Crippen LogP contribution in [-0.2, 0) is 4.74 Å². The fourth-order valence-corrected chi connectivity index (χ4v) is 1.86. The molecular formula is C16H25ClN2O3. The Balaban J connectivity index is 2.33. The summed E-state index contributed by atoms with van der Waals surface area (Å²) in [6.07, 6.45) is 0.516. The van der Waals surface area contributed by atoms with Crippen molar-refractivity contribution in [1.82, 2.24) is 5.32 Å². The summed E-state index contributed by atoms with van der Waals surface area (Å²) in [6, 6.07) is 5.53. The Morgan fingerprint density at radius 1 is 1.27 bits per heavy atom. The van der Waals surface area contributed by atoms with Crippen LogP contribution in [0.4, 0.5) is 10.5 Å². The molecule has 1 rings (SSSR count). The number of nitrogens with one attached hydrogen (secondary N) is 2. The number of hydrogen-bond acceptors (Lipinski definition) is 4. The van der Waals surface area contributed by atoms with E-state index < -0.39 is 11.7 Å². The van der Waals surface area contributed by atoms with E-state index in [2.05, 4.69) is 10.6 Å². The van der Waals surface area contributed by atoms with Crippen molar-refractivity contribution in [3.8, 4) is 5.75 Å². The van der Waals surface area contributed by atoms with Gasteiger partial charge in [0.05, 0.1) is 11.6 Å². The maximum absolute atomic E-state index is 11.5. The monoisotopic (exact) mass is 328 g/mol. The second-order valence-corrected chi connectivity index (χ2v) is 6.26. The van der Waals surface area contributed by atoms with E-state index in [0.717, 1.165) is 12.1 Å². The van der Waals surface area contributed by atoms with Gasteiger partial charge in [-0.1, -0.05) is 18.5 Å². The predicted molar refractivity (Wildman–Crippen MR) is 90.0 cm³/mol. The van der Waals surface area contributed by atoms with E-state index in [1.54, 1.807) is 6.07 Å². The Kier molecular flexibility index (Phi) is 7.32. The third kappa shape index (κ3) is 7.41. The van der Waals surface area contributed by atoms with Gasteiger partial charge in [0.2, 0.25) is 0 Å². The van der Waals surface area contributed by atoms with Crippen molar-refractivity contribution in [1.29, 1.82) is 0 Å². The lowest BCUT2D eigenvalue weighted by Crippen LogP contribution is -2.34. The van der Waals surface area contributed by atoms with Gasteiger partial charge < -0.3 is 20.1 Å². The van der Waals surface area contributed by atoms with Gasteiger partial charge in [-0.15, -0.1) is 0 Å². The molecule has 0 aliphatic carbocycles. The summed E-state index contributed by atoms with van der Waals surface area (Å²) in [4.78, 5) is 11.5. The maximum atomic E-state index is 11.5. The third-order valence-electron chi connectivity index (χ3n) is 2.52. The fourth-order valence-electron chi connectivity index (χ4n) is 1.63. The molecule has 0 unspecified atom stereocenters. The van der Waals surface area contributed by atoms with Gasteiger partial charge in [-0.3, -0.25) is 0 Å². The lowest BCUT2D eigenvalue weighted by atomic mass is 10.2. The summed E-state index contributed by atoms with van der Waals surface area (Å²) >= 11 is 6.15. The van der Waals surface area contributed by atoms with E-state index in [1.165, 1.54) is 0 Å². The molecule has 0 saturated carbocycles. The SMILES string of the molecule is CCCOc1ccc(NCCNC(=O)OC(C)(C)C)cc1Cl. The lowest BCUT2D eigenvalue weighted by Gasteiger charge is -2.19. The standard InChI is InChI=1S/C16H25ClN2O3/c1-5-10-21-14-7-6-12(11-13(14)17)18-8-9-19-15(20)22-16(2,3)4/h6-7,11,18H,5,8-10H2,1-4H3,(H,19,20). The summed E-state index contributed by atoms with van der Waals surface area (Å²) in [5.41, 5.74) is 0.388. The van der Waals surface area contributed by atoms with E-state index in [1.807, 2.05) is 39.8 Å². The highest BCUT2D eigenvalue weighted by atomic mass is 35.5. The smallest absolute Gasteiger partial charge is 0.407 e. The first kappa shape index (κ1) is 18.4. The first-order chi connectivity index (χ1) is 10.3. The molecule has 0 bridgehead atoms. The van der Waals surface area contributed by atoms with E-state index in [0.29, 0.717) is 30.5 Å². The van der Waals surface area contributed by atoms with Gasteiger partial charge in [0.15, 0.2) is 0 Å². The Morgan fingerprint density at radius 2 is 2.00 bits per heavy atom. The molecule has 0 fully saturated rings. The molecule has 1 aromatic carbocycles. The minimum Gasteiger partial charge on any atom is -0.492 e. The molecular weight excluding hydrogens is 304 g/mol. The number of alkyl carbamates (subject to hydrolysis) is 1. The third-order valence-corrected chi connectivity index (χ3v) is 2.81. The van der Waals surface area contributed by atoms with Gasteiger partial charge >= 0.3 is 6.09 Å². The minimum absolute atomic E-state index is 0.421. The quantitative estimate of drug-likeness (QED) is 0.741. The van der Waals surface area contributed by atoms with Crippen molar-refractivity contribution in [2.75, 3.05) is 25.0 Å². The van der Waals surface area contributed by atoms with Gasteiger partial charge in [0.25, 0.3) is 0 Å². The number of hydrogen-bond donors (Lipinski definition) is 2. The van der Waals surface area contributed by atoms with Crippen LogP contribution in [0.2, 0.25) is 5.02 Å². The molecule has 1 aromatic rings. The first-order valence-corrected chi connectivity index (χ1v) is 7.82. The van der Waals surface area contributed by atoms with Crippen LogP contribution < -0.4 is 15.4 Å². The van der Waals surface area contributed by atoms with Gasteiger partial charge in [-0.05, 0) is 45.4 Å². The molecule has 5 nitrogen and oxygen atoms in total. The van der Waals surface area contributed by atoms with Gasteiger partial charge in [-0.25, -0.2) is 4.79 Å². The fraction of sp³-hybridized carbons (Fsp3) is 0.562. The molecule has 0 radical (unpaired) electrons. The summed E-state index contributed by atoms with van der Waals surface area (Å²) in [5.74, 6) is 0.681. The van der Waals surface area contributed by atoms with Gasteiger partial charge in [0, 0.05) is 18.8 Å². The molecule has 0 saturated heterocycles. The zero-order chi connectivity index (χ0) is 16.6. The van der Waals surface area contributed by atoms with Crippen molar-refractivity contribution in [2.24, 2.45) is 0 Å². The van der Waals surface area contributed by atoms with Crippen molar-refractivity contribution in [3.63, 3.8) is 0 Å². The number of carbonyl (C=O) groups is 1. The Hall–Kier alpha value is -1.62. The highest BCUT2D eigenvalue weighted by Crippen LogP contribution is 2.27. The first-order valence-electron chi connectivity index (χ1n) is 7.45. The van der Waals surface area contributed by atoms with Crippen LogP contribution >= 0.6 is 11.6 Å². The molecule has 0 spiro atoms. The number of rotatable bonds is 7. The summed E-state index contributed by atoms with van der Waals surface area (Å²) < 4.78 is 10.7. The molecule has 22 heavy (non-hydrogen) atoms. The second kappa shape index (κ2) is 8.73. The predicted octanol–water partition coefficient (Wildman–Crippen LogP) is 4.07. The zero-order valence-corrected chi connectivity index (χ0v) is 14.4. The number of anilines is 1. The molecule has 0 atom stereocenters. The van der Waals surface area contributed by atoms with Crippen molar-refractivity contribution in [3.05, 3.63) is 23.2 Å². The Labute approximate surface area is 137 Å². The van der Waals surface area contributed by atoms with Crippen molar-refractivity contribution in [2.45, 2.75) is 39.7 Å². The Bertz CT molecular complexity index is 487. The largest absolute Gasteiger partial charge is 0.492 e. The molecule has 1 amide bonds. The number of amides is 1. The van der Waals surface area contributed by atoms with Crippen molar-refractivity contribution < 1.29 is 14.3 Å². The van der Waals surface area contributed by atoms with Crippen LogP contribution in [0, 0.1) is 0 Å². The lowest BCUT2D eigenvalue weighted by molar-refractivity contribution is 0.0530. The van der Waals surface area contributed by atoms with E-state index in [4.69, 9.17) is 21.1 Å². The van der Waals surface area contributed by atoms with Crippen LogP contribution in [0.5, 0.6) is 5.75 Å². The number of halogens is 1. The Morgan fingerprint density at radius 3 is 2.59 bits per heavy atom. The summed E-state index contributed by atoms with van der Waals surface area (Å²) in [7, 11) is 0. The maximum Gasteiger partial charge on any atom is 0.407 e. The van der Waals surface area contributed by atoms with Crippen LogP contribution in [0.1, 0.15) is 34.1 Å². The second-order valence-electron chi connectivity index (χ2n) is 5.85. The molecule has 0 heterocycles. The number of benzene rings is 1. The van der Waals surface area contributed by atoms with E-state index in [9.17, 15) is 4.79 Å². The average molecular weight is 329 g/mol. The zero-order valence-electron chi connectivity index (χ0n) is 13.7. The summed E-state index contributed by atoms with van der Waals surface area (Å²) in [6.45, 7) is 9.21. The average Bonchev–Trinajstić information content (AvgIpc) is 2.41. The molecule has 6 heteroatoms. The van der Waals surface area contributed by atoms with Crippen LogP contribution in [0.25, 0.3) is 0 Å². The molecule has 2 N–H and O–H groups in total. The number of carbonyl (C=O) groups excluding carboxylic acids is 1. The highest BCUT2D eigenvalue weighted by molar-refractivity contribution is 6.32. The molecule has 0 aromatic heterocycles. The van der Waals surface area contributed by atoms with E-state index in [-0.39, 0.29) is 0 Å². The molecule has 124 valence electrons. The minimum atomic E-state index is -0.487.